The number of nitrogens with zero attached hydrogens (tertiary/aromatic N) is 3. The minimum atomic E-state index is -0.0486. The van der Waals surface area contributed by atoms with Crippen molar-refractivity contribution in [3.05, 3.63) is 41.5 Å². The Hall–Kier alpha value is -2.41. The van der Waals surface area contributed by atoms with Crippen molar-refractivity contribution in [3.8, 4) is 0 Å². The second-order valence-corrected chi connectivity index (χ2v) is 7.44. The molecule has 0 unspecified atom stereocenters. The zero-order valence-electron chi connectivity index (χ0n) is 15.7. The fraction of sp³-hybridized carbons (Fsp3) is 0.550. The lowest BCUT2D eigenvalue weighted by atomic mass is 9.96. The number of rotatable bonds is 3. The summed E-state index contributed by atoms with van der Waals surface area (Å²) in [6, 6.07) is 7.80. The summed E-state index contributed by atoms with van der Waals surface area (Å²) in [6.45, 7) is 4.93. The van der Waals surface area contributed by atoms with Crippen LogP contribution in [-0.2, 0) is 4.74 Å². The molecule has 4 rings (SSSR count). The van der Waals surface area contributed by atoms with E-state index in [2.05, 4.69) is 15.5 Å². The van der Waals surface area contributed by atoms with Gasteiger partial charge in [0.05, 0.1) is 0 Å². The standard InChI is InChI=1S/C20H26N4O3/c1-14-3-2-4-17(13-14)21-20(25)24-9-5-16(6-10-24)19-22-18(23-27-19)15-7-11-26-12-8-15/h2-4,13,15-16H,5-12H2,1H3,(H,21,25). The molecule has 7 heteroatoms. The molecule has 2 fully saturated rings. The predicted molar refractivity (Wildman–Crippen MR) is 101 cm³/mol. The van der Waals surface area contributed by atoms with E-state index >= 15 is 0 Å². The molecule has 3 heterocycles. The number of anilines is 1. The minimum Gasteiger partial charge on any atom is -0.381 e. The van der Waals surface area contributed by atoms with Crippen LogP contribution in [0.3, 0.4) is 0 Å². The Labute approximate surface area is 159 Å². The van der Waals surface area contributed by atoms with Crippen LogP contribution in [-0.4, -0.2) is 47.4 Å². The maximum absolute atomic E-state index is 12.5. The molecule has 1 aromatic carbocycles. The zero-order valence-corrected chi connectivity index (χ0v) is 15.7. The number of carbonyl (C=O) groups excluding carboxylic acids is 1. The number of hydrogen-bond acceptors (Lipinski definition) is 5. The summed E-state index contributed by atoms with van der Waals surface area (Å²) in [5.41, 5.74) is 1.96. The van der Waals surface area contributed by atoms with Crippen LogP contribution in [0.1, 0.15) is 54.8 Å². The summed E-state index contributed by atoms with van der Waals surface area (Å²) in [5.74, 6) is 2.11. The maximum atomic E-state index is 12.5. The van der Waals surface area contributed by atoms with Crippen molar-refractivity contribution in [2.24, 2.45) is 0 Å². The van der Waals surface area contributed by atoms with Crippen LogP contribution in [0.5, 0.6) is 0 Å². The number of hydrogen-bond donors (Lipinski definition) is 1. The molecule has 0 radical (unpaired) electrons. The molecule has 27 heavy (non-hydrogen) atoms. The molecule has 2 aliphatic heterocycles. The van der Waals surface area contributed by atoms with Crippen molar-refractivity contribution < 1.29 is 14.1 Å². The SMILES string of the molecule is Cc1cccc(NC(=O)N2CCC(c3nc(C4CCOCC4)no3)CC2)c1. The van der Waals surface area contributed by atoms with Gasteiger partial charge < -0.3 is 19.5 Å². The van der Waals surface area contributed by atoms with Gasteiger partial charge in [-0.25, -0.2) is 4.79 Å². The molecular formula is C20H26N4O3. The molecule has 1 aromatic heterocycles. The fourth-order valence-electron chi connectivity index (χ4n) is 3.79. The summed E-state index contributed by atoms with van der Waals surface area (Å²) in [5, 5.41) is 7.18. The molecule has 2 saturated heterocycles. The van der Waals surface area contributed by atoms with Crippen LogP contribution in [0.15, 0.2) is 28.8 Å². The Balaban J connectivity index is 1.31. The Bertz CT molecular complexity index is 777. The second-order valence-electron chi connectivity index (χ2n) is 7.44. The molecular weight excluding hydrogens is 344 g/mol. The first kappa shape index (κ1) is 18.0. The highest BCUT2D eigenvalue weighted by atomic mass is 16.5. The molecule has 1 N–H and O–H groups in total. The Kier molecular flexibility index (Phi) is 5.38. The van der Waals surface area contributed by atoms with Gasteiger partial charge >= 0.3 is 6.03 Å². The molecule has 2 aromatic rings. The van der Waals surface area contributed by atoms with Gasteiger partial charge in [0.1, 0.15) is 0 Å². The van der Waals surface area contributed by atoms with Crippen molar-refractivity contribution in [2.45, 2.75) is 44.4 Å². The van der Waals surface area contributed by atoms with Crippen molar-refractivity contribution in [2.75, 3.05) is 31.6 Å². The van der Waals surface area contributed by atoms with Gasteiger partial charge in [0.25, 0.3) is 0 Å². The highest BCUT2D eigenvalue weighted by molar-refractivity contribution is 5.89. The number of carbonyl (C=O) groups is 1. The predicted octanol–water partition coefficient (Wildman–Crippen LogP) is 3.68. The number of likely N-dealkylation sites (tertiary alicyclic amines) is 1. The van der Waals surface area contributed by atoms with Crippen molar-refractivity contribution in [3.63, 3.8) is 0 Å². The lowest BCUT2D eigenvalue weighted by Gasteiger charge is -2.30. The molecule has 2 aliphatic rings. The Morgan fingerprint density at radius 3 is 2.67 bits per heavy atom. The maximum Gasteiger partial charge on any atom is 0.321 e. The van der Waals surface area contributed by atoms with Crippen molar-refractivity contribution in [1.82, 2.24) is 15.0 Å². The van der Waals surface area contributed by atoms with Crippen LogP contribution in [0.4, 0.5) is 10.5 Å². The van der Waals surface area contributed by atoms with E-state index in [1.807, 2.05) is 36.1 Å². The van der Waals surface area contributed by atoms with E-state index in [4.69, 9.17) is 9.26 Å². The number of benzene rings is 1. The summed E-state index contributed by atoms with van der Waals surface area (Å²) in [4.78, 5) is 19.0. The topological polar surface area (TPSA) is 80.5 Å². The molecule has 144 valence electrons. The van der Waals surface area contributed by atoms with Crippen LogP contribution in [0.25, 0.3) is 0 Å². The molecule has 0 aliphatic carbocycles. The number of urea groups is 1. The highest BCUT2D eigenvalue weighted by Crippen LogP contribution is 2.30. The van der Waals surface area contributed by atoms with Crippen molar-refractivity contribution >= 4 is 11.7 Å². The molecule has 7 nitrogen and oxygen atoms in total. The average molecular weight is 370 g/mol. The number of aromatic nitrogens is 2. The Morgan fingerprint density at radius 2 is 1.93 bits per heavy atom. The van der Waals surface area contributed by atoms with Crippen LogP contribution in [0.2, 0.25) is 0 Å². The number of piperidine rings is 1. The van der Waals surface area contributed by atoms with Gasteiger partial charge in [-0.1, -0.05) is 17.3 Å². The summed E-state index contributed by atoms with van der Waals surface area (Å²) < 4.78 is 10.9. The van der Waals surface area contributed by atoms with Crippen molar-refractivity contribution in [1.29, 1.82) is 0 Å². The summed E-state index contributed by atoms with van der Waals surface area (Å²) >= 11 is 0. The van der Waals surface area contributed by atoms with E-state index < -0.39 is 0 Å². The van der Waals surface area contributed by atoms with E-state index in [9.17, 15) is 4.79 Å². The number of amides is 2. The van der Waals surface area contributed by atoms with E-state index in [0.717, 1.165) is 61.9 Å². The summed E-state index contributed by atoms with van der Waals surface area (Å²) in [7, 11) is 0. The largest absolute Gasteiger partial charge is 0.381 e. The summed E-state index contributed by atoms with van der Waals surface area (Å²) in [6.07, 6.45) is 3.60. The molecule has 0 atom stereocenters. The monoisotopic (exact) mass is 370 g/mol. The Morgan fingerprint density at radius 1 is 1.15 bits per heavy atom. The number of nitrogens with one attached hydrogen (secondary N) is 1. The van der Waals surface area contributed by atoms with Gasteiger partial charge in [-0.15, -0.1) is 0 Å². The van der Waals surface area contributed by atoms with Gasteiger partial charge in [0, 0.05) is 43.8 Å². The second kappa shape index (κ2) is 8.08. The van der Waals surface area contributed by atoms with Crippen LogP contribution >= 0.6 is 0 Å². The first-order valence-electron chi connectivity index (χ1n) is 9.73. The lowest BCUT2D eigenvalue weighted by Crippen LogP contribution is -2.40. The van der Waals surface area contributed by atoms with Crippen LogP contribution in [0, 0.1) is 6.92 Å². The van der Waals surface area contributed by atoms with E-state index in [0.29, 0.717) is 19.0 Å². The third-order valence-corrected chi connectivity index (χ3v) is 5.44. The highest BCUT2D eigenvalue weighted by Gasteiger charge is 2.29. The quantitative estimate of drug-likeness (QED) is 0.891. The van der Waals surface area contributed by atoms with Gasteiger partial charge in [-0.3, -0.25) is 0 Å². The third-order valence-electron chi connectivity index (χ3n) is 5.44. The van der Waals surface area contributed by atoms with Gasteiger partial charge in [-0.05, 0) is 50.3 Å². The molecule has 0 saturated carbocycles. The smallest absolute Gasteiger partial charge is 0.321 e. The third kappa shape index (κ3) is 4.30. The zero-order chi connectivity index (χ0) is 18.6. The van der Waals surface area contributed by atoms with Crippen LogP contribution < -0.4 is 5.32 Å². The molecule has 0 bridgehead atoms. The number of ether oxygens (including phenoxy) is 1. The fourth-order valence-corrected chi connectivity index (χ4v) is 3.79. The number of aryl methyl sites for hydroxylation is 1. The van der Waals surface area contributed by atoms with Gasteiger partial charge in [-0.2, -0.15) is 4.98 Å². The normalized spacial score (nSPS) is 19.2. The molecule has 2 amide bonds. The van der Waals surface area contributed by atoms with E-state index in [1.165, 1.54) is 0 Å². The minimum absolute atomic E-state index is 0.0486. The van der Waals surface area contributed by atoms with E-state index in [1.54, 1.807) is 0 Å². The first-order chi connectivity index (χ1) is 13.2. The van der Waals surface area contributed by atoms with E-state index in [-0.39, 0.29) is 11.9 Å². The molecule has 0 spiro atoms. The lowest BCUT2D eigenvalue weighted by molar-refractivity contribution is 0.0830. The average Bonchev–Trinajstić information content (AvgIpc) is 3.19. The van der Waals surface area contributed by atoms with Gasteiger partial charge in [0.15, 0.2) is 5.82 Å². The first-order valence-corrected chi connectivity index (χ1v) is 9.73. The van der Waals surface area contributed by atoms with Gasteiger partial charge in [0.2, 0.25) is 5.89 Å².